The minimum atomic E-state index is 0.854. The number of para-hydroxylation sites is 4. The monoisotopic (exact) mass is 626 g/mol. The van der Waals surface area contributed by atoms with Crippen LogP contribution in [0.15, 0.2) is 167 Å². The molecule has 0 atom stereocenters. The van der Waals surface area contributed by atoms with Crippen molar-refractivity contribution in [3.05, 3.63) is 158 Å². The summed E-state index contributed by atoms with van der Waals surface area (Å²) in [5.74, 6) is 0.854. The lowest BCUT2D eigenvalue weighted by atomic mass is 10.0. The van der Waals surface area contributed by atoms with Crippen LogP contribution in [0.1, 0.15) is 0 Å². The Labute approximate surface area is 280 Å². The van der Waals surface area contributed by atoms with Gasteiger partial charge in [-0.25, -0.2) is 4.98 Å². The number of hydrogen-bond acceptors (Lipinski definition) is 3. The third-order valence-electron chi connectivity index (χ3n) is 10.0. The van der Waals surface area contributed by atoms with E-state index in [2.05, 4.69) is 138 Å². The van der Waals surface area contributed by atoms with Crippen LogP contribution in [0.25, 0.3) is 105 Å². The molecule has 4 heterocycles. The first-order valence-electron chi connectivity index (χ1n) is 16.5. The van der Waals surface area contributed by atoms with E-state index in [-0.39, 0.29) is 0 Å². The van der Waals surface area contributed by atoms with Gasteiger partial charge in [0, 0.05) is 37.9 Å². The van der Waals surface area contributed by atoms with E-state index in [1.165, 1.54) is 0 Å². The highest BCUT2D eigenvalue weighted by molar-refractivity contribution is 6.24. The summed E-state index contributed by atoms with van der Waals surface area (Å²) in [6, 6.07) is 55.3. The largest absolute Gasteiger partial charge is 0.455 e. The molecular weight excluding hydrogens is 601 g/mol. The Morgan fingerprint density at radius 2 is 1.06 bits per heavy atom. The first-order chi connectivity index (χ1) is 24.3. The van der Waals surface area contributed by atoms with Crippen LogP contribution < -0.4 is 0 Å². The molecule has 0 aliphatic carbocycles. The second kappa shape index (κ2) is 9.93. The van der Waals surface area contributed by atoms with Gasteiger partial charge in [-0.15, -0.1) is 0 Å². The van der Waals surface area contributed by atoms with Crippen molar-refractivity contribution in [2.75, 3.05) is 0 Å². The lowest BCUT2D eigenvalue weighted by Crippen LogP contribution is -1.99. The molecule has 0 bridgehead atoms. The van der Waals surface area contributed by atoms with E-state index in [4.69, 9.17) is 13.8 Å². The van der Waals surface area contributed by atoms with Crippen LogP contribution in [-0.2, 0) is 0 Å². The van der Waals surface area contributed by atoms with E-state index in [9.17, 15) is 0 Å². The van der Waals surface area contributed by atoms with Crippen LogP contribution in [-0.4, -0.2) is 9.55 Å². The van der Waals surface area contributed by atoms with Gasteiger partial charge in [-0.2, -0.15) is 0 Å². The molecule has 0 N–H and O–H groups in total. The zero-order valence-corrected chi connectivity index (χ0v) is 26.2. The Hall–Kier alpha value is -6.65. The van der Waals surface area contributed by atoms with E-state index in [1.54, 1.807) is 0 Å². The standard InChI is InChI=1S/C45H26N2O2/c1-2-11-27(12-3-1)36-26-42(46-37-18-7-4-13-30(36)37)47-38-24-23-34-32-15-6-9-20-41(32)49-45(34)43(38)35-22-21-28(25-39(35)47)29-16-10-17-33-31-14-5-8-19-40(31)48-44(29)33/h1-26H. The summed E-state index contributed by atoms with van der Waals surface area (Å²) < 4.78 is 15.4. The summed E-state index contributed by atoms with van der Waals surface area (Å²) in [6.45, 7) is 0. The summed E-state index contributed by atoms with van der Waals surface area (Å²) >= 11 is 0. The molecule has 0 fully saturated rings. The Kier molecular flexibility index (Phi) is 5.35. The predicted octanol–water partition coefficient (Wildman–Crippen LogP) is 12.5. The highest BCUT2D eigenvalue weighted by Gasteiger charge is 2.22. The van der Waals surface area contributed by atoms with E-state index in [0.29, 0.717) is 0 Å². The molecular formula is C45H26N2O2. The lowest BCUT2D eigenvalue weighted by molar-refractivity contribution is 0.670. The Morgan fingerprint density at radius 3 is 1.88 bits per heavy atom. The van der Waals surface area contributed by atoms with Crippen LogP contribution in [0.4, 0.5) is 0 Å². The molecule has 4 nitrogen and oxygen atoms in total. The molecule has 11 rings (SSSR count). The smallest absolute Gasteiger partial charge is 0.145 e. The molecule has 49 heavy (non-hydrogen) atoms. The molecule has 0 spiro atoms. The molecule has 0 aliphatic rings. The number of aromatic nitrogens is 2. The van der Waals surface area contributed by atoms with Gasteiger partial charge >= 0.3 is 0 Å². The maximum Gasteiger partial charge on any atom is 0.145 e. The summed E-state index contributed by atoms with van der Waals surface area (Å²) in [5.41, 5.74) is 11.0. The van der Waals surface area contributed by atoms with Crippen molar-refractivity contribution in [1.82, 2.24) is 9.55 Å². The number of rotatable bonds is 3. The van der Waals surface area contributed by atoms with Gasteiger partial charge in [0.25, 0.3) is 0 Å². The molecule has 11 aromatic rings. The number of hydrogen-bond donors (Lipinski definition) is 0. The number of benzene rings is 7. The summed E-state index contributed by atoms with van der Waals surface area (Å²) in [5, 5.41) is 7.76. The van der Waals surface area contributed by atoms with Gasteiger partial charge in [-0.05, 0) is 59.2 Å². The second-order valence-electron chi connectivity index (χ2n) is 12.7. The fourth-order valence-electron chi connectivity index (χ4n) is 7.80. The van der Waals surface area contributed by atoms with Gasteiger partial charge in [-0.1, -0.05) is 115 Å². The van der Waals surface area contributed by atoms with Crippen LogP contribution in [0.3, 0.4) is 0 Å². The van der Waals surface area contributed by atoms with Gasteiger partial charge in [0.2, 0.25) is 0 Å². The maximum absolute atomic E-state index is 6.64. The van der Waals surface area contributed by atoms with Crippen LogP contribution in [0, 0.1) is 0 Å². The highest BCUT2D eigenvalue weighted by atomic mass is 16.3. The molecule has 0 aliphatic heterocycles. The Morgan fingerprint density at radius 1 is 0.408 bits per heavy atom. The van der Waals surface area contributed by atoms with Gasteiger partial charge < -0.3 is 8.83 Å². The number of fused-ring (bicyclic) bond motifs is 11. The molecule has 4 aromatic heterocycles. The zero-order chi connectivity index (χ0) is 32.1. The van der Waals surface area contributed by atoms with Crippen LogP contribution in [0.2, 0.25) is 0 Å². The maximum atomic E-state index is 6.64. The predicted molar refractivity (Wildman–Crippen MR) is 202 cm³/mol. The van der Waals surface area contributed by atoms with Gasteiger partial charge in [-0.3, -0.25) is 4.57 Å². The summed E-state index contributed by atoms with van der Waals surface area (Å²) in [7, 11) is 0. The normalized spacial score (nSPS) is 12.1. The van der Waals surface area contributed by atoms with Crippen molar-refractivity contribution in [1.29, 1.82) is 0 Å². The third kappa shape index (κ3) is 3.77. The van der Waals surface area contributed by atoms with E-state index in [0.717, 1.165) is 105 Å². The summed E-state index contributed by atoms with van der Waals surface area (Å²) in [4.78, 5) is 5.32. The third-order valence-corrected chi connectivity index (χ3v) is 10.0. The second-order valence-corrected chi connectivity index (χ2v) is 12.7. The van der Waals surface area contributed by atoms with Gasteiger partial charge in [0.05, 0.1) is 21.9 Å². The highest BCUT2D eigenvalue weighted by Crippen LogP contribution is 2.43. The SMILES string of the molecule is c1ccc(-c2cc(-n3c4cc(-c5cccc6c5oc5ccccc56)ccc4c4c5oc6ccccc6c5ccc43)nc3ccccc23)cc1. The van der Waals surface area contributed by atoms with Gasteiger partial charge in [0.15, 0.2) is 0 Å². The number of furan rings is 2. The fourth-order valence-corrected chi connectivity index (χ4v) is 7.80. The van der Waals surface area contributed by atoms with Crippen molar-refractivity contribution in [3.8, 4) is 28.1 Å². The fraction of sp³-hybridized carbons (Fsp3) is 0. The van der Waals surface area contributed by atoms with Crippen molar-refractivity contribution >= 4 is 76.6 Å². The van der Waals surface area contributed by atoms with Crippen molar-refractivity contribution in [3.63, 3.8) is 0 Å². The van der Waals surface area contributed by atoms with Crippen molar-refractivity contribution in [2.45, 2.75) is 0 Å². The first-order valence-corrected chi connectivity index (χ1v) is 16.5. The quantitative estimate of drug-likeness (QED) is 0.196. The van der Waals surface area contributed by atoms with Crippen molar-refractivity contribution < 1.29 is 8.83 Å². The van der Waals surface area contributed by atoms with E-state index in [1.807, 2.05) is 24.3 Å². The van der Waals surface area contributed by atoms with Gasteiger partial charge in [0.1, 0.15) is 28.1 Å². The molecule has 0 radical (unpaired) electrons. The average Bonchev–Trinajstić information content (AvgIpc) is 3.84. The minimum Gasteiger partial charge on any atom is -0.455 e. The summed E-state index contributed by atoms with van der Waals surface area (Å²) in [6.07, 6.45) is 0. The topological polar surface area (TPSA) is 44.1 Å². The molecule has 7 aromatic carbocycles. The molecule has 0 unspecified atom stereocenters. The van der Waals surface area contributed by atoms with Crippen LogP contribution in [0.5, 0.6) is 0 Å². The van der Waals surface area contributed by atoms with E-state index >= 15 is 0 Å². The Balaban J connectivity index is 1.27. The molecule has 0 saturated carbocycles. The van der Waals surface area contributed by atoms with Crippen molar-refractivity contribution in [2.24, 2.45) is 0 Å². The zero-order valence-electron chi connectivity index (χ0n) is 26.2. The minimum absolute atomic E-state index is 0.854. The molecule has 0 amide bonds. The number of pyridine rings is 1. The van der Waals surface area contributed by atoms with E-state index < -0.39 is 0 Å². The Bertz CT molecular complexity index is 3110. The average molecular weight is 627 g/mol. The first kappa shape index (κ1) is 26.4. The number of nitrogens with zero attached hydrogens (tertiary/aromatic N) is 2. The molecule has 228 valence electrons. The van der Waals surface area contributed by atoms with Crippen LogP contribution >= 0.6 is 0 Å². The lowest BCUT2D eigenvalue weighted by Gasteiger charge is -2.13. The molecule has 4 heteroatoms. The molecule has 0 saturated heterocycles.